The van der Waals surface area contributed by atoms with Crippen LogP contribution in [0.15, 0.2) is 36.7 Å². The van der Waals surface area contributed by atoms with Gasteiger partial charge in [0, 0.05) is 18.0 Å². The topological polar surface area (TPSA) is 35.0 Å². The Morgan fingerprint density at radius 3 is 1.89 bits per heavy atom. The number of benzene rings is 1. The zero-order valence-corrected chi connectivity index (χ0v) is 22.6. The highest BCUT2D eigenvalue weighted by Crippen LogP contribution is 2.34. The lowest BCUT2D eigenvalue weighted by molar-refractivity contribution is 0.228. The zero-order chi connectivity index (χ0) is 24.6. The van der Waals surface area contributed by atoms with Crippen molar-refractivity contribution in [2.75, 3.05) is 6.61 Å². The molecule has 3 heteroatoms. The first-order chi connectivity index (χ1) is 17.3. The fraction of sp³-hybridized carbons (Fsp3) is 0.688. The van der Waals surface area contributed by atoms with Crippen LogP contribution in [0.2, 0.25) is 0 Å². The number of unbranched alkanes of at least 4 members (excludes halogenated alkanes) is 7. The molecule has 1 fully saturated rings. The summed E-state index contributed by atoms with van der Waals surface area (Å²) in [4.78, 5) is 9.23. The zero-order valence-electron chi connectivity index (χ0n) is 22.6. The van der Waals surface area contributed by atoms with E-state index in [9.17, 15) is 0 Å². The van der Waals surface area contributed by atoms with Gasteiger partial charge in [0.15, 0.2) is 5.82 Å². The minimum atomic E-state index is 0.800. The van der Waals surface area contributed by atoms with Crippen LogP contribution in [0.1, 0.15) is 122 Å². The minimum Gasteiger partial charge on any atom is -0.494 e. The van der Waals surface area contributed by atoms with Crippen molar-refractivity contribution >= 4 is 0 Å². The van der Waals surface area contributed by atoms with E-state index in [1.54, 1.807) is 0 Å². The molecule has 0 saturated heterocycles. The molecule has 0 radical (unpaired) electrons. The molecule has 1 aliphatic carbocycles. The molecule has 0 spiro atoms. The van der Waals surface area contributed by atoms with E-state index in [0.29, 0.717) is 0 Å². The van der Waals surface area contributed by atoms with Crippen molar-refractivity contribution in [1.82, 2.24) is 9.97 Å². The van der Waals surface area contributed by atoms with Gasteiger partial charge < -0.3 is 4.74 Å². The van der Waals surface area contributed by atoms with E-state index in [4.69, 9.17) is 4.74 Å². The third-order valence-corrected chi connectivity index (χ3v) is 7.84. The molecule has 0 bridgehead atoms. The molecule has 0 N–H and O–H groups in total. The predicted molar refractivity (Wildman–Crippen MR) is 149 cm³/mol. The third kappa shape index (κ3) is 10.7. The molecular weight excluding hydrogens is 428 g/mol. The van der Waals surface area contributed by atoms with E-state index in [-0.39, 0.29) is 0 Å². The fourth-order valence-electron chi connectivity index (χ4n) is 5.48. The molecule has 35 heavy (non-hydrogen) atoms. The fourth-order valence-corrected chi connectivity index (χ4v) is 5.48. The Morgan fingerprint density at radius 1 is 0.686 bits per heavy atom. The first kappa shape index (κ1) is 27.7. The lowest BCUT2D eigenvalue weighted by Crippen LogP contribution is -2.15. The summed E-state index contributed by atoms with van der Waals surface area (Å²) in [6.45, 7) is 5.40. The van der Waals surface area contributed by atoms with Gasteiger partial charge in [-0.3, -0.25) is 0 Å². The summed E-state index contributed by atoms with van der Waals surface area (Å²) in [7, 11) is 0. The summed E-state index contributed by atoms with van der Waals surface area (Å²) in [5.74, 6) is 3.68. The molecule has 0 aliphatic heterocycles. The summed E-state index contributed by atoms with van der Waals surface area (Å²) >= 11 is 0. The Labute approximate surface area is 215 Å². The van der Waals surface area contributed by atoms with Crippen LogP contribution in [0.3, 0.4) is 0 Å². The van der Waals surface area contributed by atoms with Gasteiger partial charge in [-0.05, 0) is 67.3 Å². The highest BCUT2D eigenvalue weighted by molar-refractivity contribution is 5.55. The van der Waals surface area contributed by atoms with Crippen LogP contribution >= 0.6 is 0 Å². The monoisotopic (exact) mass is 478 g/mol. The second-order valence-electron chi connectivity index (χ2n) is 10.8. The highest BCUT2D eigenvalue weighted by Gasteiger charge is 2.20. The van der Waals surface area contributed by atoms with Gasteiger partial charge in [-0.15, -0.1) is 0 Å². The first-order valence-electron chi connectivity index (χ1n) is 14.8. The van der Waals surface area contributed by atoms with Crippen molar-refractivity contribution in [2.24, 2.45) is 11.8 Å². The molecule has 0 atom stereocenters. The van der Waals surface area contributed by atoms with Crippen molar-refractivity contribution in [3.05, 3.63) is 42.2 Å². The molecule has 1 aromatic heterocycles. The minimum absolute atomic E-state index is 0.800. The SMILES string of the molecule is CCCCCCCCCc1cnc(-c2ccc(OCCCC3CCC(CCCC)CC3)cc2)nc1. The molecule has 194 valence electrons. The van der Waals surface area contributed by atoms with E-state index in [1.807, 2.05) is 12.4 Å². The lowest BCUT2D eigenvalue weighted by atomic mass is 9.78. The maximum absolute atomic E-state index is 6.03. The van der Waals surface area contributed by atoms with Gasteiger partial charge in [0.05, 0.1) is 6.61 Å². The molecule has 3 rings (SSSR count). The smallest absolute Gasteiger partial charge is 0.159 e. The third-order valence-electron chi connectivity index (χ3n) is 7.84. The second kappa shape index (κ2) is 16.7. The van der Waals surface area contributed by atoms with Crippen LogP contribution in [-0.2, 0) is 6.42 Å². The number of aryl methyl sites for hydroxylation is 1. The van der Waals surface area contributed by atoms with Crippen LogP contribution in [0.5, 0.6) is 5.75 Å². The van der Waals surface area contributed by atoms with Crippen molar-refractivity contribution in [2.45, 2.75) is 123 Å². The average Bonchev–Trinajstić information content (AvgIpc) is 2.91. The number of hydrogen-bond donors (Lipinski definition) is 0. The Bertz CT molecular complexity index is 778. The van der Waals surface area contributed by atoms with Crippen molar-refractivity contribution in [3.63, 3.8) is 0 Å². The average molecular weight is 479 g/mol. The van der Waals surface area contributed by atoms with E-state index < -0.39 is 0 Å². The molecule has 0 unspecified atom stereocenters. The van der Waals surface area contributed by atoms with Crippen LogP contribution in [-0.4, -0.2) is 16.6 Å². The molecule has 3 nitrogen and oxygen atoms in total. The summed E-state index contributed by atoms with van der Waals surface area (Å²) in [6.07, 6.45) is 26.9. The summed E-state index contributed by atoms with van der Waals surface area (Å²) in [5, 5.41) is 0. The van der Waals surface area contributed by atoms with Gasteiger partial charge in [-0.25, -0.2) is 9.97 Å². The quantitative estimate of drug-likeness (QED) is 0.212. The Hall–Kier alpha value is -1.90. The molecular formula is C32H50N2O. The van der Waals surface area contributed by atoms with E-state index in [1.165, 1.54) is 102 Å². The van der Waals surface area contributed by atoms with Gasteiger partial charge in [0.2, 0.25) is 0 Å². The largest absolute Gasteiger partial charge is 0.494 e. The Kier molecular flexibility index (Phi) is 13.2. The van der Waals surface area contributed by atoms with Crippen molar-refractivity contribution < 1.29 is 4.74 Å². The van der Waals surface area contributed by atoms with Gasteiger partial charge >= 0.3 is 0 Å². The highest BCUT2D eigenvalue weighted by atomic mass is 16.5. The van der Waals surface area contributed by atoms with Crippen LogP contribution in [0.25, 0.3) is 11.4 Å². The number of aromatic nitrogens is 2. The number of nitrogens with zero attached hydrogens (tertiary/aromatic N) is 2. The van der Waals surface area contributed by atoms with Crippen LogP contribution in [0.4, 0.5) is 0 Å². The molecule has 0 amide bonds. The van der Waals surface area contributed by atoms with E-state index in [2.05, 4.69) is 48.1 Å². The molecule has 2 aromatic rings. The first-order valence-corrected chi connectivity index (χ1v) is 14.8. The lowest BCUT2D eigenvalue weighted by Gasteiger charge is -2.28. The molecule has 1 saturated carbocycles. The van der Waals surface area contributed by atoms with Gasteiger partial charge in [0.25, 0.3) is 0 Å². The normalized spacial score (nSPS) is 18.0. The van der Waals surface area contributed by atoms with Crippen LogP contribution < -0.4 is 4.74 Å². The number of rotatable bonds is 17. The maximum atomic E-state index is 6.03. The summed E-state index contributed by atoms with van der Waals surface area (Å²) < 4.78 is 6.03. The van der Waals surface area contributed by atoms with Crippen molar-refractivity contribution in [1.29, 1.82) is 0 Å². The Morgan fingerprint density at radius 2 is 1.26 bits per heavy atom. The molecule has 1 aromatic carbocycles. The van der Waals surface area contributed by atoms with Crippen molar-refractivity contribution in [3.8, 4) is 17.1 Å². The second-order valence-corrected chi connectivity index (χ2v) is 10.8. The maximum Gasteiger partial charge on any atom is 0.159 e. The number of ether oxygens (including phenoxy) is 1. The van der Waals surface area contributed by atoms with Gasteiger partial charge in [0.1, 0.15) is 5.75 Å². The molecule has 1 aliphatic rings. The predicted octanol–water partition coefficient (Wildman–Crippen LogP) is 9.59. The Balaban J connectivity index is 1.29. The van der Waals surface area contributed by atoms with Gasteiger partial charge in [-0.2, -0.15) is 0 Å². The molecule has 1 heterocycles. The van der Waals surface area contributed by atoms with Crippen LogP contribution in [0, 0.1) is 11.8 Å². The standard InChI is InChI=1S/C32H50N2O/c1-3-5-7-8-9-10-11-14-29-25-33-32(34-26-29)30-20-22-31(23-21-30)35-24-12-15-28-18-16-27(17-19-28)13-6-4-2/h20-23,25-28H,3-19,24H2,1-2H3. The number of hydrogen-bond acceptors (Lipinski definition) is 3. The summed E-state index contributed by atoms with van der Waals surface area (Å²) in [6, 6.07) is 8.28. The van der Waals surface area contributed by atoms with E-state index in [0.717, 1.165) is 48.4 Å². The van der Waals surface area contributed by atoms with E-state index >= 15 is 0 Å². The van der Waals surface area contributed by atoms with Gasteiger partial charge in [-0.1, -0.05) is 97.3 Å². The summed E-state index contributed by atoms with van der Waals surface area (Å²) in [5.41, 5.74) is 2.30.